The third kappa shape index (κ3) is 3.95. The summed E-state index contributed by atoms with van der Waals surface area (Å²) in [7, 11) is 0. The van der Waals surface area contributed by atoms with Crippen LogP contribution in [0.3, 0.4) is 0 Å². The highest BCUT2D eigenvalue weighted by molar-refractivity contribution is 6.30. The standard InChI is InChI=1S/C22H27ClN4O3/c1-13(2)20(29)27-11-16-9-18(10-22(16,12-27)21-24-14(3)26-30-21)25-19(28)8-15-5-4-6-17(23)7-15/h4-7,13,16,18H,8-12H2,1-3H3,(H,25,28)/t16-,18+,22-/m0/s1. The highest BCUT2D eigenvalue weighted by Gasteiger charge is 2.58. The van der Waals surface area contributed by atoms with Gasteiger partial charge in [-0.05, 0) is 43.4 Å². The molecule has 7 nitrogen and oxygen atoms in total. The minimum Gasteiger partial charge on any atom is -0.353 e. The molecule has 8 heteroatoms. The maximum absolute atomic E-state index is 12.6. The van der Waals surface area contributed by atoms with Gasteiger partial charge in [-0.15, -0.1) is 0 Å². The molecule has 1 aliphatic carbocycles. The first kappa shape index (κ1) is 20.8. The number of hydrogen-bond acceptors (Lipinski definition) is 5. The van der Waals surface area contributed by atoms with E-state index in [9.17, 15) is 9.59 Å². The molecule has 2 heterocycles. The first-order valence-electron chi connectivity index (χ1n) is 10.4. The maximum atomic E-state index is 12.6. The van der Waals surface area contributed by atoms with Gasteiger partial charge in [-0.1, -0.05) is 42.7 Å². The summed E-state index contributed by atoms with van der Waals surface area (Å²) in [4.78, 5) is 31.7. The Kier molecular flexibility index (Phi) is 5.57. The summed E-state index contributed by atoms with van der Waals surface area (Å²) in [6.45, 7) is 6.83. The second-order valence-electron chi connectivity index (χ2n) is 8.88. The molecule has 160 valence electrons. The van der Waals surface area contributed by atoms with Gasteiger partial charge in [-0.2, -0.15) is 4.98 Å². The number of rotatable bonds is 5. The minimum atomic E-state index is -0.403. The smallest absolute Gasteiger partial charge is 0.235 e. The van der Waals surface area contributed by atoms with Crippen molar-refractivity contribution >= 4 is 23.4 Å². The van der Waals surface area contributed by atoms with Crippen LogP contribution in [0.25, 0.3) is 0 Å². The Hall–Kier alpha value is -2.41. The summed E-state index contributed by atoms with van der Waals surface area (Å²) in [5, 5.41) is 7.77. The van der Waals surface area contributed by atoms with Gasteiger partial charge in [0.05, 0.1) is 11.8 Å². The fraction of sp³-hybridized carbons (Fsp3) is 0.545. The number of carbonyl (C=O) groups is 2. The molecule has 1 aliphatic heterocycles. The Morgan fingerprint density at radius 2 is 2.20 bits per heavy atom. The van der Waals surface area contributed by atoms with E-state index in [1.165, 1.54) is 0 Å². The summed E-state index contributed by atoms with van der Waals surface area (Å²) in [6, 6.07) is 7.35. The molecular formula is C22H27ClN4O3. The van der Waals surface area contributed by atoms with E-state index in [4.69, 9.17) is 16.1 Å². The van der Waals surface area contributed by atoms with E-state index < -0.39 is 5.41 Å². The first-order chi connectivity index (χ1) is 14.3. The van der Waals surface area contributed by atoms with Crippen molar-refractivity contribution in [2.75, 3.05) is 13.1 Å². The fourth-order valence-electron chi connectivity index (χ4n) is 4.96. The fourth-order valence-corrected chi connectivity index (χ4v) is 5.17. The number of aromatic nitrogens is 2. The number of fused-ring (bicyclic) bond motifs is 1. The second kappa shape index (κ2) is 8.02. The van der Waals surface area contributed by atoms with Gasteiger partial charge in [-0.3, -0.25) is 9.59 Å². The molecule has 2 amide bonds. The number of nitrogens with zero attached hydrogens (tertiary/aromatic N) is 3. The lowest BCUT2D eigenvalue weighted by molar-refractivity contribution is -0.134. The van der Waals surface area contributed by atoms with Gasteiger partial charge in [0.15, 0.2) is 5.82 Å². The van der Waals surface area contributed by atoms with Crippen molar-refractivity contribution < 1.29 is 14.1 Å². The van der Waals surface area contributed by atoms with Crippen LogP contribution in [0.15, 0.2) is 28.8 Å². The van der Waals surface area contributed by atoms with Gasteiger partial charge < -0.3 is 14.7 Å². The molecule has 1 saturated heterocycles. The molecule has 2 aliphatic rings. The molecule has 0 spiro atoms. The minimum absolute atomic E-state index is 0.00481. The number of halogens is 1. The van der Waals surface area contributed by atoms with Crippen LogP contribution in [0.1, 0.15) is 44.0 Å². The van der Waals surface area contributed by atoms with Crippen molar-refractivity contribution in [3.05, 3.63) is 46.6 Å². The zero-order chi connectivity index (χ0) is 21.5. The average molecular weight is 431 g/mol. The predicted octanol–water partition coefficient (Wildman–Crippen LogP) is 2.90. The number of carbonyl (C=O) groups excluding carboxylic acids is 2. The van der Waals surface area contributed by atoms with Crippen LogP contribution in [-0.4, -0.2) is 46.0 Å². The van der Waals surface area contributed by atoms with E-state index >= 15 is 0 Å². The zero-order valence-corrected chi connectivity index (χ0v) is 18.3. The van der Waals surface area contributed by atoms with Crippen LogP contribution in [-0.2, 0) is 21.4 Å². The number of benzene rings is 1. The molecule has 3 atom stereocenters. The van der Waals surface area contributed by atoms with Crippen molar-refractivity contribution in [2.24, 2.45) is 11.8 Å². The number of hydrogen-bond donors (Lipinski definition) is 1. The van der Waals surface area contributed by atoms with E-state index in [-0.39, 0.29) is 36.1 Å². The largest absolute Gasteiger partial charge is 0.353 e. The van der Waals surface area contributed by atoms with Crippen molar-refractivity contribution in [3.63, 3.8) is 0 Å². The normalized spacial score (nSPS) is 25.6. The monoisotopic (exact) mass is 430 g/mol. The molecule has 1 aromatic carbocycles. The van der Waals surface area contributed by atoms with Gasteiger partial charge in [-0.25, -0.2) is 0 Å². The van der Waals surface area contributed by atoms with Gasteiger partial charge in [0.25, 0.3) is 0 Å². The summed E-state index contributed by atoms with van der Waals surface area (Å²) >= 11 is 6.03. The Balaban J connectivity index is 1.49. The molecular weight excluding hydrogens is 404 g/mol. The van der Waals surface area contributed by atoms with Gasteiger partial charge in [0.1, 0.15) is 0 Å². The Labute approximate surface area is 181 Å². The highest BCUT2D eigenvalue weighted by Crippen LogP contribution is 2.50. The van der Waals surface area contributed by atoms with Gasteiger partial charge >= 0.3 is 0 Å². The van der Waals surface area contributed by atoms with Crippen molar-refractivity contribution in [2.45, 2.75) is 51.5 Å². The quantitative estimate of drug-likeness (QED) is 0.787. The van der Waals surface area contributed by atoms with Crippen molar-refractivity contribution in [3.8, 4) is 0 Å². The number of nitrogens with one attached hydrogen (secondary N) is 1. The lowest BCUT2D eigenvalue weighted by Gasteiger charge is -2.26. The summed E-state index contributed by atoms with van der Waals surface area (Å²) < 4.78 is 5.58. The van der Waals surface area contributed by atoms with Crippen LogP contribution in [0.4, 0.5) is 0 Å². The zero-order valence-electron chi connectivity index (χ0n) is 17.5. The van der Waals surface area contributed by atoms with Crippen LogP contribution >= 0.6 is 11.6 Å². The van der Waals surface area contributed by atoms with Crippen molar-refractivity contribution in [1.82, 2.24) is 20.4 Å². The molecule has 1 N–H and O–H groups in total. The van der Waals surface area contributed by atoms with Gasteiger partial charge in [0.2, 0.25) is 17.7 Å². The van der Waals surface area contributed by atoms with Crippen LogP contribution in [0.2, 0.25) is 5.02 Å². The maximum Gasteiger partial charge on any atom is 0.235 e. The van der Waals surface area contributed by atoms with Crippen molar-refractivity contribution in [1.29, 1.82) is 0 Å². The number of amides is 2. The van der Waals surface area contributed by atoms with E-state index in [2.05, 4.69) is 15.5 Å². The topological polar surface area (TPSA) is 88.3 Å². The molecule has 1 aromatic heterocycles. The van der Waals surface area contributed by atoms with E-state index in [1.54, 1.807) is 13.0 Å². The Morgan fingerprint density at radius 3 is 2.87 bits per heavy atom. The third-order valence-corrected chi connectivity index (χ3v) is 6.49. The lowest BCUT2D eigenvalue weighted by atomic mass is 9.80. The summed E-state index contributed by atoms with van der Waals surface area (Å²) in [6.07, 6.45) is 1.75. The predicted molar refractivity (Wildman–Crippen MR) is 112 cm³/mol. The van der Waals surface area contributed by atoms with Crippen LogP contribution in [0, 0.1) is 18.8 Å². The summed E-state index contributed by atoms with van der Waals surface area (Å²) in [5.74, 6) is 1.39. The van der Waals surface area contributed by atoms with Crippen LogP contribution in [0.5, 0.6) is 0 Å². The highest BCUT2D eigenvalue weighted by atomic mass is 35.5. The van der Waals surface area contributed by atoms with E-state index in [0.29, 0.717) is 36.2 Å². The lowest BCUT2D eigenvalue weighted by Crippen LogP contribution is -2.40. The SMILES string of the molecule is Cc1noc([C@]23C[C@H](NC(=O)Cc4cccc(Cl)c4)C[C@H]2CN(C(=O)C(C)C)C3)n1. The molecule has 30 heavy (non-hydrogen) atoms. The van der Waals surface area contributed by atoms with Crippen LogP contribution < -0.4 is 5.32 Å². The molecule has 0 unspecified atom stereocenters. The van der Waals surface area contributed by atoms with Gasteiger partial charge in [0, 0.05) is 30.1 Å². The second-order valence-corrected chi connectivity index (χ2v) is 9.32. The molecule has 0 bridgehead atoms. The number of likely N-dealkylation sites (tertiary alicyclic amines) is 1. The van der Waals surface area contributed by atoms with E-state index in [1.807, 2.05) is 36.9 Å². The Bertz CT molecular complexity index is 959. The Morgan fingerprint density at radius 1 is 1.40 bits per heavy atom. The third-order valence-electron chi connectivity index (χ3n) is 6.25. The summed E-state index contributed by atoms with van der Waals surface area (Å²) in [5.41, 5.74) is 0.480. The first-order valence-corrected chi connectivity index (χ1v) is 10.8. The molecule has 4 rings (SSSR count). The van der Waals surface area contributed by atoms with E-state index in [0.717, 1.165) is 12.0 Å². The molecule has 2 fully saturated rings. The molecule has 0 radical (unpaired) electrons. The molecule has 1 saturated carbocycles. The average Bonchev–Trinajstić information content (AvgIpc) is 3.33. The molecule has 2 aromatic rings. The number of aryl methyl sites for hydroxylation is 1.